The molecule has 0 aliphatic rings. The van der Waals surface area contributed by atoms with E-state index in [0.29, 0.717) is 15.8 Å². The first-order chi connectivity index (χ1) is 6.09. The lowest BCUT2D eigenvalue weighted by Crippen LogP contribution is -2.28. The summed E-state index contributed by atoms with van der Waals surface area (Å²) in [5.41, 5.74) is 0. The average molecular weight is 220 g/mol. The van der Waals surface area contributed by atoms with Crippen LogP contribution in [-0.2, 0) is 4.79 Å². The molecule has 0 heterocycles. The molecule has 3 nitrogen and oxygen atoms in total. The number of carboxylic acids is 1. The molecule has 0 aromatic heterocycles. The van der Waals surface area contributed by atoms with Crippen molar-refractivity contribution in [2.24, 2.45) is 0 Å². The number of hydrogen-bond acceptors (Lipinski definition) is 3. The van der Waals surface area contributed by atoms with Gasteiger partial charge >= 0.3 is 0 Å². The smallest absolute Gasteiger partial charge is 0.128 e. The van der Waals surface area contributed by atoms with Crippen LogP contribution in [0.3, 0.4) is 0 Å². The van der Waals surface area contributed by atoms with Crippen molar-refractivity contribution in [2.45, 2.75) is 0 Å². The predicted octanol–water partition coefficient (Wildman–Crippen LogP) is 1.12. The Morgan fingerprint density at radius 2 is 2.08 bits per heavy atom. The Kier molecular flexibility index (Phi) is 3.39. The highest BCUT2D eigenvalue weighted by molar-refractivity contribution is 6.42. The van der Waals surface area contributed by atoms with Gasteiger partial charge in [0.05, 0.1) is 16.0 Å². The second kappa shape index (κ2) is 4.35. The SMILES string of the molecule is O=C([O-])COc1ccc(Cl)c(Cl)c1. The van der Waals surface area contributed by atoms with Crippen molar-refractivity contribution in [3.8, 4) is 5.75 Å². The van der Waals surface area contributed by atoms with Gasteiger partial charge < -0.3 is 14.6 Å². The Morgan fingerprint density at radius 1 is 1.38 bits per heavy atom. The van der Waals surface area contributed by atoms with E-state index in [1.807, 2.05) is 0 Å². The van der Waals surface area contributed by atoms with Crippen LogP contribution in [0.15, 0.2) is 18.2 Å². The quantitative estimate of drug-likeness (QED) is 0.766. The highest BCUT2D eigenvalue weighted by Crippen LogP contribution is 2.26. The Balaban J connectivity index is 2.68. The van der Waals surface area contributed by atoms with Gasteiger partial charge in [-0.1, -0.05) is 23.2 Å². The Labute approximate surface area is 84.8 Å². The van der Waals surface area contributed by atoms with Gasteiger partial charge in [-0.15, -0.1) is 0 Å². The van der Waals surface area contributed by atoms with E-state index in [-0.39, 0.29) is 0 Å². The molecule has 0 fully saturated rings. The summed E-state index contributed by atoms with van der Waals surface area (Å²) in [6.45, 7) is -0.502. The van der Waals surface area contributed by atoms with E-state index in [0.717, 1.165) is 0 Å². The van der Waals surface area contributed by atoms with Gasteiger partial charge in [-0.3, -0.25) is 0 Å². The van der Waals surface area contributed by atoms with Crippen LogP contribution in [0.1, 0.15) is 0 Å². The van der Waals surface area contributed by atoms with Crippen molar-refractivity contribution >= 4 is 29.2 Å². The van der Waals surface area contributed by atoms with Crippen LogP contribution in [0.5, 0.6) is 5.75 Å². The van der Waals surface area contributed by atoms with Crippen molar-refractivity contribution in [1.29, 1.82) is 0 Å². The van der Waals surface area contributed by atoms with E-state index in [9.17, 15) is 9.90 Å². The monoisotopic (exact) mass is 219 g/mol. The molecule has 0 amide bonds. The normalized spacial score (nSPS) is 9.69. The van der Waals surface area contributed by atoms with E-state index in [1.54, 1.807) is 0 Å². The molecule has 0 spiro atoms. The van der Waals surface area contributed by atoms with Crippen molar-refractivity contribution < 1.29 is 14.6 Å². The minimum Gasteiger partial charge on any atom is -0.546 e. The molecule has 0 unspecified atom stereocenters. The zero-order valence-corrected chi connectivity index (χ0v) is 7.93. The van der Waals surface area contributed by atoms with Crippen LogP contribution >= 0.6 is 23.2 Å². The fourth-order valence-electron chi connectivity index (χ4n) is 0.709. The number of carbonyl (C=O) groups is 1. The lowest BCUT2D eigenvalue weighted by molar-refractivity contribution is -0.307. The summed E-state index contributed by atoms with van der Waals surface area (Å²) < 4.78 is 4.80. The lowest BCUT2D eigenvalue weighted by atomic mass is 10.3. The number of carbonyl (C=O) groups excluding carboxylic acids is 1. The van der Waals surface area contributed by atoms with Crippen LogP contribution in [0.4, 0.5) is 0 Å². The maximum absolute atomic E-state index is 10.0. The molecule has 5 heteroatoms. The fourth-order valence-corrected chi connectivity index (χ4v) is 0.997. The predicted molar refractivity (Wildman–Crippen MR) is 47.0 cm³/mol. The Bertz CT molecular complexity index is 325. The Morgan fingerprint density at radius 3 is 2.62 bits per heavy atom. The van der Waals surface area contributed by atoms with E-state index in [4.69, 9.17) is 27.9 Å². The van der Waals surface area contributed by atoms with Crippen LogP contribution in [0.25, 0.3) is 0 Å². The molecule has 0 saturated heterocycles. The maximum atomic E-state index is 10.0. The van der Waals surface area contributed by atoms with Gasteiger partial charge in [0.15, 0.2) is 0 Å². The summed E-state index contributed by atoms with van der Waals surface area (Å²) in [6, 6.07) is 4.48. The van der Waals surface area contributed by atoms with Gasteiger partial charge in [-0.05, 0) is 12.1 Å². The fraction of sp³-hybridized carbons (Fsp3) is 0.125. The molecular weight excluding hydrogens is 215 g/mol. The number of ether oxygens (including phenoxy) is 1. The van der Waals surface area contributed by atoms with Crippen LogP contribution in [0, 0.1) is 0 Å². The Hall–Kier alpha value is -0.930. The van der Waals surface area contributed by atoms with Crippen LogP contribution in [0.2, 0.25) is 10.0 Å². The first-order valence-electron chi connectivity index (χ1n) is 3.37. The van der Waals surface area contributed by atoms with E-state index >= 15 is 0 Å². The number of carboxylic acid groups (broad SMARTS) is 1. The lowest BCUT2D eigenvalue weighted by Gasteiger charge is -2.06. The number of aliphatic carboxylic acids is 1. The second-order valence-electron chi connectivity index (χ2n) is 2.24. The standard InChI is InChI=1S/C8H6Cl2O3/c9-6-2-1-5(3-7(6)10)13-4-8(11)12/h1-3H,4H2,(H,11,12)/p-1. The summed E-state index contributed by atoms with van der Waals surface area (Å²) in [4.78, 5) is 10.0. The van der Waals surface area contributed by atoms with Gasteiger partial charge in [0, 0.05) is 6.07 Å². The molecule has 0 radical (unpaired) electrons. The van der Waals surface area contributed by atoms with E-state index in [1.165, 1.54) is 18.2 Å². The average Bonchev–Trinajstić information content (AvgIpc) is 2.07. The number of rotatable bonds is 3. The highest BCUT2D eigenvalue weighted by Gasteiger charge is 1.99. The molecule has 70 valence electrons. The number of hydrogen-bond donors (Lipinski definition) is 0. The molecule has 13 heavy (non-hydrogen) atoms. The zero-order chi connectivity index (χ0) is 9.84. The minimum absolute atomic E-state index is 0.317. The molecule has 0 atom stereocenters. The number of halogens is 2. The van der Waals surface area contributed by atoms with Gasteiger partial charge in [0.1, 0.15) is 12.4 Å². The maximum Gasteiger partial charge on any atom is 0.128 e. The molecule has 1 aromatic rings. The third-order valence-corrected chi connectivity index (χ3v) is 1.99. The first-order valence-corrected chi connectivity index (χ1v) is 4.13. The summed E-state index contributed by atoms with van der Waals surface area (Å²) in [5.74, 6) is -0.940. The molecule has 1 rings (SSSR count). The zero-order valence-electron chi connectivity index (χ0n) is 6.42. The minimum atomic E-state index is -1.29. The largest absolute Gasteiger partial charge is 0.546 e. The van der Waals surface area contributed by atoms with Gasteiger partial charge in [-0.25, -0.2) is 0 Å². The van der Waals surface area contributed by atoms with E-state index < -0.39 is 12.6 Å². The van der Waals surface area contributed by atoms with Crippen molar-refractivity contribution in [3.63, 3.8) is 0 Å². The molecular formula is C8H5Cl2O3-. The summed E-state index contributed by atoms with van der Waals surface area (Å²) >= 11 is 11.3. The van der Waals surface area contributed by atoms with E-state index in [2.05, 4.69) is 0 Å². The first kappa shape index (κ1) is 10.2. The van der Waals surface area contributed by atoms with Gasteiger partial charge in [-0.2, -0.15) is 0 Å². The third-order valence-electron chi connectivity index (χ3n) is 1.25. The highest BCUT2D eigenvalue weighted by atomic mass is 35.5. The molecule has 0 aliphatic carbocycles. The van der Waals surface area contributed by atoms with Crippen molar-refractivity contribution in [3.05, 3.63) is 28.2 Å². The molecule has 0 saturated carbocycles. The molecule has 0 N–H and O–H groups in total. The van der Waals surface area contributed by atoms with Gasteiger partial charge in [0.25, 0.3) is 0 Å². The summed E-state index contributed by atoms with van der Waals surface area (Å²) in [6.07, 6.45) is 0. The van der Waals surface area contributed by atoms with Crippen LogP contribution in [-0.4, -0.2) is 12.6 Å². The summed E-state index contributed by atoms with van der Waals surface area (Å²) in [5, 5.41) is 10.7. The van der Waals surface area contributed by atoms with Gasteiger partial charge in [0.2, 0.25) is 0 Å². The summed E-state index contributed by atoms with van der Waals surface area (Å²) in [7, 11) is 0. The number of benzene rings is 1. The molecule has 0 bridgehead atoms. The third kappa shape index (κ3) is 3.13. The molecule has 0 aliphatic heterocycles. The van der Waals surface area contributed by atoms with Crippen LogP contribution < -0.4 is 9.84 Å². The molecule has 1 aromatic carbocycles. The topological polar surface area (TPSA) is 49.4 Å². The van der Waals surface area contributed by atoms with Crippen molar-refractivity contribution in [2.75, 3.05) is 6.61 Å². The van der Waals surface area contributed by atoms with Crippen molar-refractivity contribution in [1.82, 2.24) is 0 Å². The second-order valence-corrected chi connectivity index (χ2v) is 3.05.